The highest BCUT2D eigenvalue weighted by Crippen LogP contribution is 2.22. The van der Waals surface area contributed by atoms with Crippen LogP contribution < -0.4 is 10.1 Å². The summed E-state index contributed by atoms with van der Waals surface area (Å²) in [5, 5.41) is 3.53. The van der Waals surface area contributed by atoms with Crippen LogP contribution in [0.1, 0.15) is 38.7 Å². The van der Waals surface area contributed by atoms with Gasteiger partial charge in [0.2, 0.25) is 0 Å². The van der Waals surface area contributed by atoms with Gasteiger partial charge in [-0.15, -0.1) is 0 Å². The topological polar surface area (TPSA) is 30.5 Å². The predicted molar refractivity (Wildman–Crippen MR) is 82.1 cm³/mol. The van der Waals surface area contributed by atoms with Crippen molar-refractivity contribution in [2.75, 3.05) is 19.8 Å². The summed E-state index contributed by atoms with van der Waals surface area (Å²) in [6.45, 7) is 7.43. The van der Waals surface area contributed by atoms with E-state index in [-0.39, 0.29) is 0 Å². The molecule has 1 aromatic carbocycles. The third kappa shape index (κ3) is 5.93. The molecule has 0 heterocycles. The van der Waals surface area contributed by atoms with Gasteiger partial charge in [-0.3, -0.25) is 0 Å². The van der Waals surface area contributed by atoms with Crippen molar-refractivity contribution in [3.05, 3.63) is 29.8 Å². The molecule has 0 unspecified atom stereocenters. The summed E-state index contributed by atoms with van der Waals surface area (Å²) in [7, 11) is 0. The first-order chi connectivity index (χ1) is 9.75. The van der Waals surface area contributed by atoms with E-state index < -0.39 is 0 Å². The number of rotatable bonds is 10. The first-order valence-corrected chi connectivity index (χ1v) is 7.77. The summed E-state index contributed by atoms with van der Waals surface area (Å²) in [6, 6.07) is 8.98. The summed E-state index contributed by atoms with van der Waals surface area (Å²) in [5.74, 6) is 1.68. The van der Waals surface area contributed by atoms with Gasteiger partial charge >= 0.3 is 0 Å². The highest BCUT2D eigenvalue weighted by Gasteiger charge is 2.20. The highest BCUT2D eigenvalue weighted by molar-refractivity contribution is 5.33. The van der Waals surface area contributed by atoms with Gasteiger partial charge in [-0.1, -0.05) is 32.0 Å². The molecule has 3 heteroatoms. The van der Waals surface area contributed by atoms with Crippen LogP contribution in [-0.4, -0.2) is 25.9 Å². The van der Waals surface area contributed by atoms with Crippen LogP contribution in [0, 0.1) is 5.92 Å². The number of para-hydroxylation sites is 1. The Hall–Kier alpha value is -1.06. The molecule has 1 fully saturated rings. The molecule has 0 bridgehead atoms. The summed E-state index contributed by atoms with van der Waals surface area (Å²) in [5.41, 5.74) is 1.24. The van der Waals surface area contributed by atoms with E-state index in [4.69, 9.17) is 9.47 Å². The van der Waals surface area contributed by atoms with Crippen molar-refractivity contribution in [2.24, 2.45) is 5.92 Å². The molecule has 0 radical (unpaired) electrons. The van der Waals surface area contributed by atoms with Gasteiger partial charge in [-0.05, 0) is 31.2 Å². The molecular weight excluding hydrogens is 250 g/mol. The lowest BCUT2D eigenvalue weighted by Gasteiger charge is -2.12. The Bertz CT molecular complexity index is 388. The molecule has 2 rings (SSSR count). The molecule has 1 saturated carbocycles. The lowest BCUT2D eigenvalue weighted by Crippen LogP contribution is -2.16. The Morgan fingerprint density at radius 2 is 1.95 bits per heavy atom. The van der Waals surface area contributed by atoms with Gasteiger partial charge in [0.25, 0.3) is 0 Å². The quantitative estimate of drug-likeness (QED) is 0.665. The number of nitrogens with one attached hydrogen (secondary N) is 1. The van der Waals surface area contributed by atoms with Crippen molar-refractivity contribution in [3.8, 4) is 5.75 Å². The standard InChI is InChI=1S/C17H27NO2/c1-14(2)9-10-19-11-12-20-17-6-4-3-5-15(17)13-18-16-7-8-16/h3-6,14,16,18H,7-13H2,1-2H3. The second kappa shape index (κ2) is 8.28. The van der Waals surface area contributed by atoms with Crippen LogP contribution in [-0.2, 0) is 11.3 Å². The largest absolute Gasteiger partial charge is 0.491 e. The fraction of sp³-hybridized carbons (Fsp3) is 0.647. The predicted octanol–water partition coefficient (Wildman–Crippen LogP) is 3.38. The molecule has 1 aromatic rings. The maximum Gasteiger partial charge on any atom is 0.123 e. The van der Waals surface area contributed by atoms with Gasteiger partial charge in [0.05, 0.1) is 6.61 Å². The average molecular weight is 277 g/mol. The third-order valence-electron chi connectivity index (χ3n) is 3.46. The van der Waals surface area contributed by atoms with Crippen LogP contribution >= 0.6 is 0 Å². The molecule has 112 valence electrons. The molecular formula is C17H27NO2. The smallest absolute Gasteiger partial charge is 0.123 e. The molecule has 0 atom stereocenters. The zero-order valence-electron chi connectivity index (χ0n) is 12.7. The minimum Gasteiger partial charge on any atom is -0.491 e. The van der Waals surface area contributed by atoms with E-state index in [2.05, 4.69) is 31.3 Å². The van der Waals surface area contributed by atoms with Crippen molar-refractivity contribution in [1.29, 1.82) is 0 Å². The van der Waals surface area contributed by atoms with Crippen LogP contribution in [0.3, 0.4) is 0 Å². The zero-order valence-corrected chi connectivity index (χ0v) is 12.7. The van der Waals surface area contributed by atoms with Crippen LogP contribution in [0.2, 0.25) is 0 Å². The first-order valence-electron chi connectivity index (χ1n) is 7.77. The molecule has 0 saturated heterocycles. The lowest BCUT2D eigenvalue weighted by atomic mass is 10.1. The van der Waals surface area contributed by atoms with Crippen LogP contribution in [0.5, 0.6) is 5.75 Å². The highest BCUT2D eigenvalue weighted by atomic mass is 16.5. The van der Waals surface area contributed by atoms with Crippen molar-refractivity contribution in [1.82, 2.24) is 5.32 Å². The summed E-state index contributed by atoms with van der Waals surface area (Å²) in [6.07, 6.45) is 3.74. The molecule has 1 aliphatic carbocycles. The second-order valence-electron chi connectivity index (χ2n) is 5.91. The van der Waals surface area contributed by atoms with Crippen molar-refractivity contribution < 1.29 is 9.47 Å². The minimum atomic E-state index is 0.624. The number of ether oxygens (including phenoxy) is 2. The molecule has 0 amide bonds. The van der Waals surface area contributed by atoms with E-state index in [1.165, 1.54) is 18.4 Å². The normalized spacial score (nSPS) is 14.8. The Morgan fingerprint density at radius 3 is 2.70 bits per heavy atom. The maximum atomic E-state index is 5.83. The van der Waals surface area contributed by atoms with Gasteiger partial charge in [0.15, 0.2) is 0 Å². The summed E-state index contributed by atoms with van der Waals surface area (Å²) >= 11 is 0. The van der Waals surface area contributed by atoms with E-state index in [0.717, 1.165) is 31.4 Å². The van der Waals surface area contributed by atoms with E-state index >= 15 is 0 Å². The van der Waals surface area contributed by atoms with E-state index in [0.29, 0.717) is 19.1 Å². The van der Waals surface area contributed by atoms with Gasteiger partial charge in [-0.25, -0.2) is 0 Å². The Labute approximate surface area is 122 Å². The van der Waals surface area contributed by atoms with Gasteiger partial charge in [0.1, 0.15) is 12.4 Å². The fourth-order valence-corrected chi connectivity index (χ4v) is 1.96. The minimum absolute atomic E-state index is 0.624. The van der Waals surface area contributed by atoms with Gasteiger partial charge in [-0.2, -0.15) is 0 Å². The maximum absolute atomic E-state index is 5.83. The van der Waals surface area contributed by atoms with E-state index in [9.17, 15) is 0 Å². The van der Waals surface area contributed by atoms with E-state index in [1.54, 1.807) is 0 Å². The van der Waals surface area contributed by atoms with Crippen molar-refractivity contribution in [2.45, 2.75) is 45.7 Å². The molecule has 0 spiro atoms. The second-order valence-corrected chi connectivity index (χ2v) is 5.91. The van der Waals surface area contributed by atoms with E-state index in [1.807, 2.05) is 12.1 Å². The molecule has 20 heavy (non-hydrogen) atoms. The molecule has 0 aromatic heterocycles. The van der Waals surface area contributed by atoms with Crippen LogP contribution in [0.4, 0.5) is 0 Å². The first kappa shape index (κ1) is 15.3. The number of benzene rings is 1. The number of hydrogen-bond donors (Lipinski definition) is 1. The molecule has 0 aliphatic heterocycles. The lowest BCUT2D eigenvalue weighted by molar-refractivity contribution is 0.0922. The molecule has 1 aliphatic rings. The SMILES string of the molecule is CC(C)CCOCCOc1ccccc1CNC1CC1. The van der Waals surface area contributed by atoms with Gasteiger partial charge < -0.3 is 14.8 Å². The molecule has 1 N–H and O–H groups in total. The zero-order chi connectivity index (χ0) is 14.2. The van der Waals surface area contributed by atoms with Crippen LogP contribution in [0.15, 0.2) is 24.3 Å². The number of hydrogen-bond acceptors (Lipinski definition) is 3. The molecule has 3 nitrogen and oxygen atoms in total. The Morgan fingerprint density at radius 1 is 1.15 bits per heavy atom. The van der Waals surface area contributed by atoms with Gasteiger partial charge in [0, 0.05) is 24.8 Å². The summed E-state index contributed by atoms with van der Waals surface area (Å²) < 4.78 is 11.4. The summed E-state index contributed by atoms with van der Waals surface area (Å²) in [4.78, 5) is 0. The Balaban J connectivity index is 1.66. The third-order valence-corrected chi connectivity index (χ3v) is 3.46. The van der Waals surface area contributed by atoms with Crippen LogP contribution in [0.25, 0.3) is 0 Å². The van der Waals surface area contributed by atoms with Crippen molar-refractivity contribution in [3.63, 3.8) is 0 Å². The monoisotopic (exact) mass is 277 g/mol. The van der Waals surface area contributed by atoms with Crippen molar-refractivity contribution >= 4 is 0 Å². The Kier molecular flexibility index (Phi) is 6.34. The average Bonchev–Trinajstić information content (AvgIpc) is 3.25. The fourth-order valence-electron chi connectivity index (χ4n) is 1.96.